The van der Waals surface area contributed by atoms with Crippen molar-refractivity contribution in [2.75, 3.05) is 19.7 Å². The third kappa shape index (κ3) is 2.37. The minimum absolute atomic E-state index is 0.112. The van der Waals surface area contributed by atoms with Crippen molar-refractivity contribution < 1.29 is 14.6 Å². The Morgan fingerprint density at radius 1 is 1.58 bits per heavy atom. The van der Waals surface area contributed by atoms with Crippen LogP contribution in [0.4, 0.5) is 4.79 Å². The molecule has 4 heteroatoms. The van der Waals surface area contributed by atoms with Gasteiger partial charge in [-0.1, -0.05) is 0 Å². The van der Waals surface area contributed by atoms with Crippen molar-refractivity contribution in [3.05, 3.63) is 0 Å². The molecular weight excluding hydrogens is 158 g/mol. The lowest BCUT2D eigenvalue weighted by atomic mass is 10.4. The lowest BCUT2D eigenvalue weighted by Crippen LogP contribution is -2.32. The molecule has 1 heterocycles. The number of likely N-dealkylation sites (tertiary alicyclic amines) is 1. The van der Waals surface area contributed by atoms with E-state index in [4.69, 9.17) is 9.84 Å². The molecule has 1 amide bonds. The van der Waals surface area contributed by atoms with Gasteiger partial charge in [-0.25, -0.2) is 4.79 Å². The quantitative estimate of drug-likeness (QED) is 0.665. The largest absolute Gasteiger partial charge is 0.444 e. The SMILES string of the molecule is C[C@@H](CO)OC(=O)N1CCCC1. The molecule has 1 fully saturated rings. The molecule has 0 aliphatic carbocycles. The predicted octanol–water partition coefficient (Wildman–Crippen LogP) is 0.600. The minimum Gasteiger partial charge on any atom is -0.444 e. The summed E-state index contributed by atoms with van der Waals surface area (Å²) in [4.78, 5) is 12.9. The molecule has 12 heavy (non-hydrogen) atoms. The third-order valence-corrected chi connectivity index (χ3v) is 1.92. The van der Waals surface area contributed by atoms with Gasteiger partial charge in [-0.15, -0.1) is 0 Å². The first-order chi connectivity index (χ1) is 5.74. The smallest absolute Gasteiger partial charge is 0.410 e. The van der Waals surface area contributed by atoms with E-state index in [-0.39, 0.29) is 12.7 Å². The maximum atomic E-state index is 11.2. The molecule has 0 bridgehead atoms. The predicted molar refractivity (Wildman–Crippen MR) is 43.8 cm³/mol. The number of amides is 1. The van der Waals surface area contributed by atoms with Gasteiger partial charge in [0.05, 0.1) is 6.61 Å². The topological polar surface area (TPSA) is 49.8 Å². The molecule has 0 radical (unpaired) electrons. The van der Waals surface area contributed by atoms with Crippen molar-refractivity contribution in [3.63, 3.8) is 0 Å². The zero-order valence-corrected chi connectivity index (χ0v) is 7.32. The Bertz CT molecular complexity index is 154. The first kappa shape index (κ1) is 9.32. The Balaban J connectivity index is 2.27. The Kier molecular flexibility index (Phi) is 3.34. The highest BCUT2D eigenvalue weighted by Crippen LogP contribution is 2.09. The Labute approximate surface area is 72.1 Å². The molecule has 1 rings (SSSR count). The van der Waals surface area contributed by atoms with Gasteiger partial charge in [0.2, 0.25) is 0 Å². The second-order valence-corrected chi connectivity index (χ2v) is 3.07. The Hall–Kier alpha value is -0.770. The van der Waals surface area contributed by atoms with Gasteiger partial charge in [0.15, 0.2) is 0 Å². The average Bonchev–Trinajstić information content (AvgIpc) is 2.56. The van der Waals surface area contributed by atoms with Crippen LogP contribution >= 0.6 is 0 Å². The summed E-state index contributed by atoms with van der Waals surface area (Å²) in [6.45, 7) is 3.14. The number of ether oxygens (including phenoxy) is 1. The van der Waals surface area contributed by atoms with E-state index >= 15 is 0 Å². The average molecular weight is 173 g/mol. The van der Waals surface area contributed by atoms with Crippen LogP contribution in [0.1, 0.15) is 19.8 Å². The molecule has 0 aromatic heterocycles. The molecule has 0 unspecified atom stereocenters. The second-order valence-electron chi connectivity index (χ2n) is 3.07. The van der Waals surface area contributed by atoms with Gasteiger partial charge in [0.1, 0.15) is 6.10 Å². The van der Waals surface area contributed by atoms with Crippen molar-refractivity contribution in [3.8, 4) is 0 Å². The Morgan fingerprint density at radius 3 is 2.67 bits per heavy atom. The summed E-state index contributed by atoms with van der Waals surface area (Å²) in [5, 5.41) is 8.63. The third-order valence-electron chi connectivity index (χ3n) is 1.92. The number of aliphatic hydroxyl groups is 1. The molecule has 4 nitrogen and oxygen atoms in total. The Morgan fingerprint density at radius 2 is 2.17 bits per heavy atom. The van der Waals surface area contributed by atoms with E-state index in [9.17, 15) is 4.79 Å². The standard InChI is InChI=1S/C8H15NO3/c1-7(6-10)12-8(11)9-4-2-3-5-9/h7,10H,2-6H2,1H3/t7-/m0/s1. The van der Waals surface area contributed by atoms with Gasteiger partial charge in [-0.3, -0.25) is 0 Å². The van der Waals surface area contributed by atoms with Crippen LogP contribution in [0.3, 0.4) is 0 Å². The van der Waals surface area contributed by atoms with Crippen molar-refractivity contribution in [2.45, 2.75) is 25.9 Å². The number of aliphatic hydroxyl groups excluding tert-OH is 1. The van der Waals surface area contributed by atoms with E-state index in [1.807, 2.05) is 0 Å². The molecule has 0 saturated carbocycles. The van der Waals surface area contributed by atoms with Gasteiger partial charge in [-0.05, 0) is 19.8 Å². The minimum atomic E-state index is -0.391. The van der Waals surface area contributed by atoms with Crippen molar-refractivity contribution >= 4 is 6.09 Å². The first-order valence-electron chi connectivity index (χ1n) is 4.30. The highest BCUT2D eigenvalue weighted by Gasteiger charge is 2.20. The van der Waals surface area contributed by atoms with E-state index in [0.29, 0.717) is 0 Å². The van der Waals surface area contributed by atoms with Crippen LogP contribution in [-0.4, -0.2) is 41.9 Å². The highest BCUT2D eigenvalue weighted by atomic mass is 16.6. The summed E-state index contributed by atoms with van der Waals surface area (Å²) in [5.41, 5.74) is 0. The lowest BCUT2D eigenvalue weighted by Gasteiger charge is -2.17. The van der Waals surface area contributed by atoms with Gasteiger partial charge >= 0.3 is 6.09 Å². The number of carbonyl (C=O) groups excluding carboxylic acids is 1. The fourth-order valence-corrected chi connectivity index (χ4v) is 1.18. The fourth-order valence-electron chi connectivity index (χ4n) is 1.18. The van der Waals surface area contributed by atoms with Gasteiger partial charge in [-0.2, -0.15) is 0 Å². The summed E-state index contributed by atoms with van der Waals surface area (Å²) < 4.78 is 4.92. The number of nitrogens with zero attached hydrogens (tertiary/aromatic N) is 1. The zero-order valence-electron chi connectivity index (χ0n) is 7.32. The second kappa shape index (κ2) is 4.30. The van der Waals surface area contributed by atoms with E-state index in [2.05, 4.69) is 0 Å². The molecule has 1 aliphatic heterocycles. The maximum absolute atomic E-state index is 11.2. The number of carbonyl (C=O) groups is 1. The van der Waals surface area contributed by atoms with Crippen molar-refractivity contribution in [1.29, 1.82) is 0 Å². The molecule has 0 aromatic rings. The van der Waals surface area contributed by atoms with Gasteiger partial charge < -0.3 is 14.7 Å². The van der Waals surface area contributed by atoms with E-state index in [1.54, 1.807) is 11.8 Å². The molecule has 1 aliphatic rings. The molecule has 0 aromatic carbocycles. The van der Waals surface area contributed by atoms with E-state index in [0.717, 1.165) is 25.9 Å². The van der Waals surface area contributed by atoms with Crippen LogP contribution in [0.15, 0.2) is 0 Å². The van der Waals surface area contributed by atoms with Crippen molar-refractivity contribution in [2.24, 2.45) is 0 Å². The zero-order chi connectivity index (χ0) is 8.97. The number of hydrogen-bond acceptors (Lipinski definition) is 3. The van der Waals surface area contributed by atoms with Crippen LogP contribution < -0.4 is 0 Å². The lowest BCUT2D eigenvalue weighted by molar-refractivity contribution is 0.0465. The monoisotopic (exact) mass is 173 g/mol. The molecule has 1 atom stereocenters. The molecule has 1 saturated heterocycles. The highest BCUT2D eigenvalue weighted by molar-refractivity contribution is 5.68. The summed E-state index contributed by atoms with van der Waals surface area (Å²) in [7, 11) is 0. The molecule has 0 spiro atoms. The fraction of sp³-hybridized carbons (Fsp3) is 0.875. The first-order valence-corrected chi connectivity index (χ1v) is 4.30. The summed E-state index contributed by atoms with van der Waals surface area (Å²) in [5.74, 6) is 0. The maximum Gasteiger partial charge on any atom is 0.410 e. The van der Waals surface area contributed by atoms with Crippen LogP contribution in [0, 0.1) is 0 Å². The van der Waals surface area contributed by atoms with Gasteiger partial charge in [0, 0.05) is 13.1 Å². The van der Waals surface area contributed by atoms with Gasteiger partial charge in [0.25, 0.3) is 0 Å². The summed E-state index contributed by atoms with van der Waals surface area (Å²) in [6, 6.07) is 0. The number of rotatable bonds is 2. The molecule has 1 N–H and O–H groups in total. The van der Waals surface area contributed by atoms with E-state index < -0.39 is 6.10 Å². The number of hydrogen-bond donors (Lipinski definition) is 1. The molecule has 70 valence electrons. The van der Waals surface area contributed by atoms with E-state index in [1.165, 1.54) is 0 Å². The molecular formula is C8H15NO3. The summed E-state index contributed by atoms with van der Waals surface area (Å²) >= 11 is 0. The van der Waals surface area contributed by atoms with Crippen LogP contribution in [0.2, 0.25) is 0 Å². The van der Waals surface area contributed by atoms with Crippen LogP contribution in [0.5, 0.6) is 0 Å². The normalized spacial score (nSPS) is 19.3. The van der Waals surface area contributed by atoms with Crippen molar-refractivity contribution in [1.82, 2.24) is 4.90 Å². The summed E-state index contributed by atoms with van der Waals surface area (Å²) in [6.07, 6.45) is 1.43. The van der Waals surface area contributed by atoms with Crippen LogP contribution in [0.25, 0.3) is 0 Å². The van der Waals surface area contributed by atoms with Crippen LogP contribution in [-0.2, 0) is 4.74 Å².